The van der Waals surface area contributed by atoms with E-state index in [-0.39, 0.29) is 18.0 Å². The van der Waals surface area contributed by atoms with Gasteiger partial charge in [0.1, 0.15) is 17.8 Å². The fourth-order valence-electron chi connectivity index (χ4n) is 3.13. The first-order chi connectivity index (χ1) is 11.8. The fourth-order valence-corrected chi connectivity index (χ4v) is 3.13. The molecule has 0 amide bonds. The highest BCUT2D eigenvalue weighted by Crippen LogP contribution is 2.23. The van der Waals surface area contributed by atoms with Crippen LogP contribution < -0.4 is 16.2 Å². The number of halogens is 1. The summed E-state index contributed by atoms with van der Waals surface area (Å²) in [5, 5.41) is 7.71. The molecule has 130 valence electrons. The number of pyridine rings is 1. The van der Waals surface area contributed by atoms with Crippen molar-refractivity contribution in [1.82, 2.24) is 20.3 Å². The first kappa shape index (κ1) is 17.4. The van der Waals surface area contributed by atoms with E-state index >= 15 is 0 Å². The zero-order chi connectivity index (χ0) is 16.4. The van der Waals surface area contributed by atoms with E-state index < -0.39 is 0 Å². The van der Waals surface area contributed by atoms with Crippen LogP contribution in [-0.4, -0.2) is 34.1 Å². The summed E-state index contributed by atoms with van der Waals surface area (Å²) in [6, 6.07) is 11.9. The summed E-state index contributed by atoms with van der Waals surface area (Å²) in [6.45, 7) is 1.98. The normalized spacial score (nSPS) is 17.0. The second-order valence-electron chi connectivity index (χ2n) is 6.05. The minimum Gasteiger partial charge on any atom is -0.365 e. The molecule has 6 nitrogen and oxygen atoms in total. The van der Waals surface area contributed by atoms with E-state index in [1.54, 1.807) is 0 Å². The Morgan fingerprint density at radius 2 is 2.00 bits per heavy atom. The Kier molecular flexibility index (Phi) is 5.31. The molecule has 0 aliphatic carbocycles. The van der Waals surface area contributed by atoms with Gasteiger partial charge >= 0.3 is 0 Å². The number of hydrogen-bond acceptors (Lipinski definition) is 5. The average Bonchev–Trinajstić information content (AvgIpc) is 2.63. The number of nitrogens with one attached hydrogen (secondary N) is 3. The van der Waals surface area contributed by atoms with Crippen molar-refractivity contribution in [2.45, 2.75) is 18.9 Å². The van der Waals surface area contributed by atoms with Crippen LogP contribution in [0.1, 0.15) is 12.8 Å². The fraction of sp³-hybridized carbons (Fsp3) is 0.278. The van der Waals surface area contributed by atoms with Crippen LogP contribution in [0.15, 0.2) is 47.5 Å². The lowest BCUT2D eigenvalue weighted by atomic mass is 10.1. The average molecular weight is 358 g/mol. The standard InChI is InChI=1S/C18H19N5O.ClH/c24-18-14(12-5-2-1-3-6-12)9-15-16(20-11-21-17(15)23-18)22-13-7-4-8-19-10-13;/h1-3,5-6,9,11,13,19H,4,7-8,10H2,(H2,20,21,22,23,24);1H/t13-;/m1./s1. The molecule has 1 aliphatic heterocycles. The van der Waals surface area contributed by atoms with Gasteiger partial charge in [-0.05, 0) is 31.0 Å². The minimum absolute atomic E-state index is 0. The van der Waals surface area contributed by atoms with Gasteiger partial charge in [0.25, 0.3) is 5.56 Å². The second-order valence-corrected chi connectivity index (χ2v) is 6.05. The van der Waals surface area contributed by atoms with E-state index in [0.29, 0.717) is 17.3 Å². The number of fused-ring (bicyclic) bond motifs is 1. The third-order valence-electron chi connectivity index (χ3n) is 4.37. The van der Waals surface area contributed by atoms with Gasteiger partial charge in [-0.2, -0.15) is 0 Å². The quantitative estimate of drug-likeness (QED) is 0.671. The lowest BCUT2D eigenvalue weighted by molar-refractivity contribution is 0.479. The van der Waals surface area contributed by atoms with Crippen LogP contribution in [0.25, 0.3) is 22.2 Å². The maximum atomic E-state index is 12.4. The second kappa shape index (κ2) is 7.63. The number of nitrogens with zero attached hydrogens (tertiary/aromatic N) is 2. The zero-order valence-corrected chi connectivity index (χ0v) is 14.5. The maximum Gasteiger partial charge on any atom is 0.257 e. The summed E-state index contributed by atoms with van der Waals surface area (Å²) in [5.41, 5.74) is 1.93. The van der Waals surface area contributed by atoms with Gasteiger partial charge in [0, 0.05) is 18.2 Å². The van der Waals surface area contributed by atoms with Gasteiger partial charge in [-0.3, -0.25) is 4.79 Å². The molecule has 0 spiro atoms. The number of H-pyrrole nitrogens is 1. The van der Waals surface area contributed by atoms with Gasteiger partial charge in [-0.15, -0.1) is 12.4 Å². The molecule has 1 saturated heterocycles. The number of benzene rings is 1. The molecular weight excluding hydrogens is 338 g/mol. The number of rotatable bonds is 3. The summed E-state index contributed by atoms with van der Waals surface area (Å²) >= 11 is 0. The van der Waals surface area contributed by atoms with Crippen molar-refractivity contribution < 1.29 is 0 Å². The Balaban J connectivity index is 0.00000182. The molecule has 1 fully saturated rings. The smallest absolute Gasteiger partial charge is 0.257 e. The van der Waals surface area contributed by atoms with Crippen molar-refractivity contribution in [3.63, 3.8) is 0 Å². The van der Waals surface area contributed by atoms with Crippen LogP contribution in [0, 0.1) is 0 Å². The highest BCUT2D eigenvalue weighted by atomic mass is 35.5. The van der Waals surface area contributed by atoms with Crippen LogP contribution in [0.3, 0.4) is 0 Å². The van der Waals surface area contributed by atoms with E-state index in [1.165, 1.54) is 6.33 Å². The summed E-state index contributed by atoms with van der Waals surface area (Å²) in [5.74, 6) is 0.766. The van der Waals surface area contributed by atoms with Crippen molar-refractivity contribution >= 4 is 29.3 Å². The number of piperidine rings is 1. The third-order valence-corrected chi connectivity index (χ3v) is 4.37. The topological polar surface area (TPSA) is 82.7 Å². The van der Waals surface area contributed by atoms with E-state index in [2.05, 4.69) is 25.6 Å². The van der Waals surface area contributed by atoms with Crippen molar-refractivity contribution in [3.8, 4) is 11.1 Å². The molecule has 4 rings (SSSR count). The molecule has 3 heterocycles. The molecule has 0 saturated carbocycles. The third kappa shape index (κ3) is 3.65. The Morgan fingerprint density at radius 1 is 1.16 bits per heavy atom. The molecule has 1 aromatic carbocycles. The molecule has 3 aromatic rings. The number of hydrogen-bond donors (Lipinski definition) is 3. The Bertz CT molecular complexity index is 906. The zero-order valence-electron chi connectivity index (χ0n) is 13.7. The van der Waals surface area contributed by atoms with Crippen LogP contribution in [-0.2, 0) is 0 Å². The highest BCUT2D eigenvalue weighted by Gasteiger charge is 2.16. The van der Waals surface area contributed by atoms with Gasteiger partial charge in [0.15, 0.2) is 0 Å². The Labute approximate surface area is 151 Å². The summed E-state index contributed by atoms with van der Waals surface area (Å²) < 4.78 is 0. The van der Waals surface area contributed by atoms with Gasteiger partial charge in [0.05, 0.1) is 5.39 Å². The van der Waals surface area contributed by atoms with E-state index in [0.717, 1.165) is 42.7 Å². The largest absolute Gasteiger partial charge is 0.365 e. The minimum atomic E-state index is -0.141. The molecule has 3 N–H and O–H groups in total. The van der Waals surface area contributed by atoms with E-state index in [4.69, 9.17) is 0 Å². The Hall–Kier alpha value is -2.44. The van der Waals surface area contributed by atoms with Gasteiger partial charge in [0.2, 0.25) is 0 Å². The molecule has 25 heavy (non-hydrogen) atoms. The molecule has 0 bridgehead atoms. The van der Waals surface area contributed by atoms with Crippen molar-refractivity contribution in [2.24, 2.45) is 0 Å². The first-order valence-corrected chi connectivity index (χ1v) is 8.22. The summed E-state index contributed by atoms with van der Waals surface area (Å²) in [4.78, 5) is 23.9. The van der Waals surface area contributed by atoms with Gasteiger partial charge in [-0.25, -0.2) is 9.97 Å². The van der Waals surface area contributed by atoms with E-state index in [1.807, 2.05) is 36.4 Å². The predicted molar refractivity (Wildman–Crippen MR) is 102 cm³/mol. The van der Waals surface area contributed by atoms with Crippen molar-refractivity contribution in [2.75, 3.05) is 18.4 Å². The van der Waals surface area contributed by atoms with Crippen molar-refractivity contribution in [1.29, 1.82) is 0 Å². The van der Waals surface area contributed by atoms with Crippen LogP contribution in [0.2, 0.25) is 0 Å². The van der Waals surface area contributed by atoms with Gasteiger partial charge in [-0.1, -0.05) is 30.3 Å². The predicted octanol–water partition coefficient (Wildman–Crippen LogP) is 2.57. The molecule has 0 unspecified atom stereocenters. The van der Waals surface area contributed by atoms with Crippen LogP contribution in [0.4, 0.5) is 5.82 Å². The lowest BCUT2D eigenvalue weighted by Crippen LogP contribution is -2.38. The highest BCUT2D eigenvalue weighted by molar-refractivity contribution is 5.89. The number of aromatic nitrogens is 3. The lowest BCUT2D eigenvalue weighted by Gasteiger charge is -2.24. The molecule has 0 radical (unpaired) electrons. The van der Waals surface area contributed by atoms with Gasteiger partial charge < -0.3 is 15.6 Å². The number of anilines is 1. The summed E-state index contributed by atoms with van der Waals surface area (Å²) in [6.07, 6.45) is 3.74. The number of aromatic amines is 1. The maximum absolute atomic E-state index is 12.4. The monoisotopic (exact) mass is 357 g/mol. The van der Waals surface area contributed by atoms with Crippen molar-refractivity contribution in [3.05, 3.63) is 53.1 Å². The molecule has 2 aromatic heterocycles. The summed E-state index contributed by atoms with van der Waals surface area (Å²) in [7, 11) is 0. The van der Waals surface area contributed by atoms with E-state index in [9.17, 15) is 4.79 Å². The molecule has 7 heteroatoms. The van der Waals surface area contributed by atoms with Crippen LogP contribution in [0.5, 0.6) is 0 Å². The first-order valence-electron chi connectivity index (χ1n) is 8.22. The molecular formula is C18H20ClN5O. The molecule has 1 atom stereocenters. The Morgan fingerprint density at radius 3 is 2.76 bits per heavy atom. The molecule has 1 aliphatic rings. The van der Waals surface area contributed by atoms with Crippen LogP contribution >= 0.6 is 12.4 Å². The SMILES string of the molecule is Cl.O=c1[nH]c2ncnc(N[C@@H]3CCCNC3)c2cc1-c1ccccc1.